The van der Waals surface area contributed by atoms with Crippen LogP contribution in [0.5, 0.6) is 0 Å². The minimum Gasteiger partial charge on any atom is -0.481 e. The minimum atomic E-state index is -1.04. The molecule has 22 heavy (non-hydrogen) atoms. The molecule has 0 unspecified atom stereocenters. The van der Waals surface area contributed by atoms with Gasteiger partial charge in [0.25, 0.3) is 5.91 Å². The van der Waals surface area contributed by atoms with Gasteiger partial charge in [0.15, 0.2) is 0 Å². The van der Waals surface area contributed by atoms with E-state index in [2.05, 4.69) is 5.32 Å². The lowest BCUT2D eigenvalue weighted by Gasteiger charge is -2.17. The predicted molar refractivity (Wildman–Crippen MR) is 77.1 cm³/mol. The normalized spacial score (nSPS) is 15.7. The molecular formula is C15H17FN2O4. The number of amides is 2. The smallest absolute Gasteiger partial charge is 0.308 e. The number of carbonyl (C=O) groups is 3. The van der Waals surface area contributed by atoms with Crippen molar-refractivity contribution >= 4 is 23.5 Å². The quantitative estimate of drug-likeness (QED) is 0.861. The van der Waals surface area contributed by atoms with Gasteiger partial charge in [-0.25, -0.2) is 4.39 Å². The Bertz CT molecular complexity index is 618. The summed E-state index contributed by atoms with van der Waals surface area (Å²) >= 11 is 0. The zero-order valence-corrected chi connectivity index (χ0v) is 12.1. The average molecular weight is 308 g/mol. The molecule has 1 heterocycles. The first-order chi connectivity index (χ1) is 10.4. The second-order valence-electron chi connectivity index (χ2n) is 5.26. The van der Waals surface area contributed by atoms with Crippen molar-refractivity contribution in [1.82, 2.24) is 5.32 Å². The summed E-state index contributed by atoms with van der Waals surface area (Å²) in [6.45, 7) is 1.89. The number of carboxylic acids is 1. The standard InChI is InChI=1S/C15H17FN2O4/c1-9(15(21)22)8-17-14(20)11-7-10(4-5-12(11)16)18-6-2-3-13(18)19/h4-5,7,9H,2-3,6,8H2,1H3,(H,17,20)(H,21,22)/t9-/m0/s1. The Morgan fingerprint density at radius 2 is 2.18 bits per heavy atom. The maximum Gasteiger partial charge on any atom is 0.308 e. The molecule has 1 aromatic carbocycles. The van der Waals surface area contributed by atoms with Crippen LogP contribution in [0.15, 0.2) is 18.2 Å². The minimum absolute atomic E-state index is 0.0579. The van der Waals surface area contributed by atoms with Gasteiger partial charge in [0.1, 0.15) is 5.82 Å². The van der Waals surface area contributed by atoms with Gasteiger partial charge in [-0.15, -0.1) is 0 Å². The van der Waals surface area contributed by atoms with E-state index in [1.54, 1.807) is 0 Å². The van der Waals surface area contributed by atoms with Gasteiger partial charge >= 0.3 is 5.97 Å². The van der Waals surface area contributed by atoms with Crippen LogP contribution in [0.3, 0.4) is 0 Å². The zero-order chi connectivity index (χ0) is 16.3. The second-order valence-corrected chi connectivity index (χ2v) is 5.26. The SMILES string of the molecule is C[C@@H](CNC(=O)c1cc(N2CCCC2=O)ccc1F)C(=O)O. The highest BCUT2D eigenvalue weighted by Gasteiger charge is 2.24. The number of rotatable bonds is 5. The van der Waals surface area contributed by atoms with Gasteiger partial charge in [-0.1, -0.05) is 6.92 Å². The summed E-state index contributed by atoms with van der Waals surface area (Å²) in [6.07, 6.45) is 1.17. The van der Waals surface area contributed by atoms with Crippen molar-refractivity contribution in [1.29, 1.82) is 0 Å². The van der Waals surface area contributed by atoms with Crippen LogP contribution in [-0.2, 0) is 9.59 Å². The summed E-state index contributed by atoms with van der Waals surface area (Å²) in [5, 5.41) is 11.2. The third-order valence-corrected chi connectivity index (χ3v) is 3.57. The molecule has 2 amide bonds. The van der Waals surface area contributed by atoms with Crippen molar-refractivity contribution < 1.29 is 23.9 Å². The number of benzene rings is 1. The van der Waals surface area contributed by atoms with E-state index in [-0.39, 0.29) is 18.0 Å². The Morgan fingerprint density at radius 1 is 1.45 bits per heavy atom. The first kappa shape index (κ1) is 15.9. The molecule has 0 saturated carbocycles. The van der Waals surface area contributed by atoms with E-state index in [1.807, 2.05) is 0 Å². The largest absolute Gasteiger partial charge is 0.481 e. The Balaban J connectivity index is 2.14. The van der Waals surface area contributed by atoms with Crippen molar-refractivity contribution in [3.8, 4) is 0 Å². The van der Waals surface area contributed by atoms with Crippen LogP contribution < -0.4 is 10.2 Å². The monoisotopic (exact) mass is 308 g/mol. The van der Waals surface area contributed by atoms with Crippen molar-refractivity contribution in [2.75, 3.05) is 18.0 Å². The topological polar surface area (TPSA) is 86.7 Å². The van der Waals surface area contributed by atoms with Crippen LogP contribution in [-0.4, -0.2) is 36.0 Å². The lowest BCUT2D eigenvalue weighted by atomic mass is 10.1. The number of nitrogens with one attached hydrogen (secondary N) is 1. The summed E-state index contributed by atoms with van der Waals surface area (Å²) in [6, 6.07) is 3.91. The lowest BCUT2D eigenvalue weighted by Crippen LogP contribution is -2.32. The fourth-order valence-corrected chi connectivity index (χ4v) is 2.20. The van der Waals surface area contributed by atoms with Crippen molar-refractivity contribution in [3.05, 3.63) is 29.6 Å². The fraction of sp³-hybridized carbons (Fsp3) is 0.400. The first-order valence-corrected chi connectivity index (χ1v) is 7.01. The van der Waals surface area contributed by atoms with Crippen LogP contribution in [0.1, 0.15) is 30.1 Å². The molecular weight excluding hydrogens is 291 g/mol. The van der Waals surface area contributed by atoms with Crippen LogP contribution >= 0.6 is 0 Å². The molecule has 2 rings (SSSR count). The number of anilines is 1. The molecule has 1 aliphatic rings. The molecule has 1 aliphatic heterocycles. The molecule has 7 heteroatoms. The van der Waals surface area contributed by atoms with Crippen LogP contribution in [0, 0.1) is 11.7 Å². The Kier molecular flexibility index (Phi) is 4.75. The molecule has 0 aliphatic carbocycles. The average Bonchev–Trinajstić information content (AvgIpc) is 2.91. The molecule has 1 atom stereocenters. The van der Waals surface area contributed by atoms with E-state index in [0.717, 1.165) is 12.5 Å². The third-order valence-electron chi connectivity index (χ3n) is 3.57. The number of carbonyl (C=O) groups excluding carboxylic acids is 2. The molecule has 1 fully saturated rings. The van der Waals surface area contributed by atoms with E-state index in [9.17, 15) is 18.8 Å². The molecule has 1 saturated heterocycles. The van der Waals surface area contributed by atoms with Crippen molar-refractivity contribution in [2.24, 2.45) is 5.92 Å². The summed E-state index contributed by atoms with van der Waals surface area (Å²) in [5.74, 6) is -3.28. The fourth-order valence-electron chi connectivity index (χ4n) is 2.20. The van der Waals surface area contributed by atoms with Crippen LogP contribution in [0.2, 0.25) is 0 Å². The van der Waals surface area contributed by atoms with Crippen LogP contribution in [0.4, 0.5) is 10.1 Å². The van der Waals surface area contributed by atoms with Gasteiger partial charge in [0.2, 0.25) is 5.91 Å². The lowest BCUT2D eigenvalue weighted by molar-refractivity contribution is -0.140. The molecule has 1 aromatic rings. The first-order valence-electron chi connectivity index (χ1n) is 7.01. The summed E-state index contributed by atoms with van der Waals surface area (Å²) in [7, 11) is 0. The Hall–Kier alpha value is -2.44. The predicted octanol–water partition coefficient (Wildman–Crippen LogP) is 1.40. The molecule has 0 bridgehead atoms. The van der Waals surface area contributed by atoms with Gasteiger partial charge in [0.05, 0.1) is 11.5 Å². The maximum absolute atomic E-state index is 13.8. The third kappa shape index (κ3) is 3.41. The Labute approximate surface area is 126 Å². The molecule has 118 valence electrons. The van der Waals surface area contributed by atoms with Gasteiger partial charge < -0.3 is 15.3 Å². The Morgan fingerprint density at radius 3 is 2.77 bits per heavy atom. The van der Waals surface area contributed by atoms with Crippen molar-refractivity contribution in [3.63, 3.8) is 0 Å². The maximum atomic E-state index is 13.8. The number of carboxylic acid groups (broad SMARTS) is 1. The number of hydrogen-bond acceptors (Lipinski definition) is 3. The van der Waals surface area contributed by atoms with Gasteiger partial charge in [-0.3, -0.25) is 14.4 Å². The molecule has 0 radical (unpaired) electrons. The van der Waals surface area contributed by atoms with Gasteiger partial charge in [-0.2, -0.15) is 0 Å². The van der Waals surface area contributed by atoms with E-state index < -0.39 is 23.6 Å². The van der Waals surface area contributed by atoms with Gasteiger partial charge in [-0.05, 0) is 24.6 Å². The number of halogens is 1. The van der Waals surface area contributed by atoms with E-state index in [0.29, 0.717) is 18.7 Å². The number of aliphatic carboxylic acids is 1. The number of hydrogen-bond donors (Lipinski definition) is 2. The number of nitrogens with zero attached hydrogens (tertiary/aromatic N) is 1. The highest BCUT2D eigenvalue weighted by Crippen LogP contribution is 2.23. The highest BCUT2D eigenvalue weighted by atomic mass is 19.1. The molecule has 6 nitrogen and oxygen atoms in total. The van der Waals surface area contributed by atoms with Gasteiger partial charge in [0, 0.05) is 25.2 Å². The molecule has 0 aromatic heterocycles. The van der Waals surface area contributed by atoms with Crippen molar-refractivity contribution in [2.45, 2.75) is 19.8 Å². The summed E-state index contributed by atoms with van der Waals surface area (Å²) in [5.41, 5.74) is 0.273. The van der Waals surface area contributed by atoms with Crippen LogP contribution in [0.25, 0.3) is 0 Å². The molecule has 0 spiro atoms. The van der Waals surface area contributed by atoms with E-state index >= 15 is 0 Å². The highest BCUT2D eigenvalue weighted by molar-refractivity contribution is 5.99. The van der Waals surface area contributed by atoms with E-state index in [4.69, 9.17) is 5.11 Å². The van der Waals surface area contributed by atoms with E-state index in [1.165, 1.54) is 24.0 Å². The zero-order valence-electron chi connectivity index (χ0n) is 12.1. The second kappa shape index (κ2) is 6.55. The summed E-state index contributed by atoms with van der Waals surface area (Å²) in [4.78, 5) is 35.9. The molecule has 2 N–H and O–H groups in total. The summed E-state index contributed by atoms with van der Waals surface area (Å²) < 4.78 is 13.8.